The van der Waals surface area contributed by atoms with Gasteiger partial charge in [-0.05, 0) is 27.7 Å². The highest BCUT2D eigenvalue weighted by atomic mass is 32.2. The van der Waals surface area contributed by atoms with Gasteiger partial charge in [-0.1, -0.05) is 0 Å². The van der Waals surface area contributed by atoms with Gasteiger partial charge in [0, 0.05) is 29.4 Å². The second-order valence-electron chi connectivity index (χ2n) is 5.66. The minimum Gasteiger partial charge on any atom is -0.444 e. The van der Waals surface area contributed by atoms with E-state index in [1.807, 2.05) is 32.3 Å². The summed E-state index contributed by atoms with van der Waals surface area (Å²) in [6.45, 7) is 7.92. The van der Waals surface area contributed by atoms with Crippen molar-refractivity contribution in [2.75, 3.05) is 12.0 Å². The van der Waals surface area contributed by atoms with E-state index in [0.29, 0.717) is 12.3 Å². The molecule has 1 amide bonds. The molecule has 1 rings (SSSR count). The first kappa shape index (κ1) is 16.7. The van der Waals surface area contributed by atoms with Crippen molar-refractivity contribution in [3.8, 4) is 0 Å². The summed E-state index contributed by atoms with van der Waals surface area (Å²) in [5.41, 5.74) is 0.338. The summed E-state index contributed by atoms with van der Waals surface area (Å²) in [6, 6.07) is -0.224. The third-order valence-electron chi connectivity index (χ3n) is 2.54. The number of carbonyl (C=O) groups is 1. The molecule has 1 aromatic rings. The van der Waals surface area contributed by atoms with E-state index in [1.54, 1.807) is 18.8 Å². The van der Waals surface area contributed by atoms with Crippen LogP contribution in [0.1, 0.15) is 39.4 Å². The molecule has 1 unspecified atom stereocenters. The Kier molecular flexibility index (Phi) is 5.74. The molecule has 0 saturated carbocycles. The van der Waals surface area contributed by atoms with Crippen LogP contribution in [0.3, 0.4) is 0 Å². The van der Waals surface area contributed by atoms with Gasteiger partial charge in [-0.3, -0.25) is 4.21 Å². The number of alkyl carbamates (subject to hydrolysis) is 1. The fourth-order valence-corrected chi connectivity index (χ4v) is 2.12. The summed E-state index contributed by atoms with van der Waals surface area (Å²) in [5.74, 6) is 0.558. The van der Waals surface area contributed by atoms with Gasteiger partial charge in [0.05, 0.1) is 24.3 Å². The van der Waals surface area contributed by atoms with Crippen molar-refractivity contribution in [2.45, 2.75) is 45.9 Å². The first-order valence-electron chi connectivity index (χ1n) is 6.48. The number of imidazole rings is 1. The van der Waals surface area contributed by atoms with Gasteiger partial charge in [0.1, 0.15) is 5.60 Å². The number of aromatic nitrogens is 2. The third kappa shape index (κ3) is 5.73. The minimum absolute atomic E-state index is 0.224. The van der Waals surface area contributed by atoms with Crippen LogP contribution in [-0.2, 0) is 22.1 Å². The normalized spacial score (nSPS) is 14.7. The van der Waals surface area contributed by atoms with Crippen molar-refractivity contribution in [2.24, 2.45) is 0 Å². The zero-order valence-electron chi connectivity index (χ0n) is 12.7. The van der Waals surface area contributed by atoms with Crippen LogP contribution in [0.25, 0.3) is 0 Å². The number of amides is 1. The van der Waals surface area contributed by atoms with Gasteiger partial charge in [-0.25, -0.2) is 9.78 Å². The Hall–Kier alpha value is -1.37. The standard InChI is InChI=1S/C13H23N3O3S/c1-10(15-12(17)19-13(2,3)4)11-8-14-9-16(11)6-7-20(5)18/h8-10H,6-7H2,1-5H3,(H,15,17)/t10-,20?/m1/s1. The average Bonchev–Trinajstić information content (AvgIpc) is 2.71. The van der Waals surface area contributed by atoms with Crippen molar-refractivity contribution in [1.29, 1.82) is 0 Å². The van der Waals surface area contributed by atoms with Crippen molar-refractivity contribution in [3.63, 3.8) is 0 Å². The van der Waals surface area contributed by atoms with E-state index in [4.69, 9.17) is 4.74 Å². The summed E-state index contributed by atoms with van der Waals surface area (Å²) in [5, 5.41) is 2.77. The number of rotatable bonds is 5. The Morgan fingerprint density at radius 2 is 2.20 bits per heavy atom. The van der Waals surface area contributed by atoms with E-state index < -0.39 is 22.5 Å². The number of aryl methyl sites for hydroxylation is 1. The summed E-state index contributed by atoms with van der Waals surface area (Å²) in [7, 11) is -0.856. The fraction of sp³-hybridized carbons (Fsp3) is 0.692. The predicted octanol–water partition coefficient (Wildman–Crippen LogP) is 1.85. The van der Waals surface area contributed by atoms with Gasteiger partial charge >= 0.3 is 6.09 Å². The van der Waals surface area contributed by atoms with Crippen LogP contribution in [0.4, 0.5) is 4.79 Å². The van der Waals surface area contributed by atoms with Gasteiger partial charge < -0.3 is 14.6 Å². The molecule has 20 heavy (non-hydrogen) atoms. The quantitative estimate of drug-likeness (QED) is 0.900. The van der Waals surface area contributed by atoms with Crippen LogP contribution in [0.2, 0.25) is 0 Å². The molecule has 1 N–H and O–H groups in total. The summed E-state index contributed by atoms with van der Waals surface area (Å²) < 4.78 is 18.3. The fourth-order valence-electron chi connectivity index (χ4n) is 1.66. The molecular weight excluding hydrogens is 278 g/mol. The molecule has 1 heterocycles. The molecule has 2 atom stereocenters. The highest BCUT2D eigenvalue weighted by molar-refractivity contribution is 7.84. The Balaban J connectivity index is 2.63. The lowest BCUT2D eigenvalue weighted by molar-refractivity contribution is 0.0506. The highest BCUT2D eigenvalue weighted by Crippen LogP contribution is 2.14. The molecule has 0 radical (unpaired) electrons. The van der Waals surface area contributed by atoms with E-state index in [0.717, 1.165) is 5.69 Å². The lowest BCUT2D eigenvalue weighted by atomic mass is 10.2. The summed E-state index contributed by atoms with van der Waals surface area (Å²) in [6.07, 6.45) is 4.58. The Morgan fingerprint density at radius 1 is 1.55 bits per heavy atom. The van der Waals surface area contributed by atoms with E-state index in [1.165, 1.54) is 0 Å². The van der Waals surface area contributed by atoms with Crippen molar-refractivity contribution < 1.29 is 13.7 Å². The van der Waals surface area contributed by atoms with Crippen molar-refractivity contribution in [3.05, 3.63) is 18.2 Å². The molecule has 0 aliphatic rings. The van der Waals surface area contributed by atoms with Gasteiger partial charge in [0.15, 0.2) is 0 Å². The lowest BCUT2D eigenvalue weighted by Gasteiger charge is -2.22. The molecule has 114 valence electrons. The largest absolute Gasteiger partial charge is 0.444 e. The first-order chi connectivity index (χ1) is 9.19. The van der Waals surface area contributed by atoms with Crippen LogP contribution in [-0.4, -0.2) is 37.5 Å². The Bertz CT molecular complexity index is 479. The van der Waals surface area contributed by atoms with Crippen LogP contribution in [0, 0.1) is 0 Å². The number of nitrogens with one attached hydrogen (secondary N) is 1. The summed E-state index contributed by atoms with van der Waals surface area (Å²) >= 11 is 0. The molecule has 0 aromatic carbocycles. The van der Waals surface area contributed by atoms with Crippen molar-refractivity contribution in [1.82, 2.24) is 14.9 Å². The first-order valence-corrected chi connectivity index (χ1v) is 8.21. The molecular formula is C13H23N3O3S. The Morgan fingerprint density at radius 3 is 2.75 bits per heavy atom. The zero-order valence-corrected chi connectivity index (χ0v) is 13.5. The average molecular weight is 301 g/mol. The molecule has 7 heteroatoms. The number of hydrogen-bond acceptors (Lipinski definition) is 4. The van der Waals surface area contributed by atoms with E-state index in [9.17, 15) is 9.00 Å². The molecule has 0 aliphatic heterocycles. The monoisotopic (exact) mass is 301 g/mol. The SMILES string of the molecule is C[C@@H](NC(=O)OC(C)(C)C)c1cncn1CCS(C)=O. The molecule has 0 aliphatic carbocycles. The maximum Gasteiger partial charge on any atom is 0.408 e. The number of nitrogens with zero attached hydrogens (tertiary/aromatic N) is 2. The smallest absolute Gasteiger partial charge is 0.408 e. The van der Waals surface area contributed by atoms with Gasteiger partial charge in [0.25, 0.3) is 0 Å². The van der Waals surface area contributed by atoms with E-state index in [-0.39, 0.29) is 6.04 Å². The molecule has 0 bridgehead atoms. The number of hydrogen-bond donors (Lipinski definition) is 1. The molecule has 0 saturated heterocycles. The second-order valence-corrected chi connectivity index (χ2v) is 7.21. The maximum absolute atomic E-state index is 11.7. The zero-order chi connectivity index (χ0) is 15.3. The molecule has 0 spiro atoms. The molecule has 6 nitrogen and oxygen atoms in total. The lowest BCUT2D eigenvalue weighted by Crippen LogP contribution is -2.34. The Labute approximate surface area is 122 Å². The van der Waals surface area contributed by atoms with Crippen molar-refractivity contribution >= 4 is 16.9 Å². The number of carbonyl (C=O) groups excluding carboxylic acids is 1. The maximum atomic E-state index is 11.7. The van der Waals surface area contributed by atoms with Crippen LogP contribution in [0.15, 0.2) is 12.5 Å². The summed E-state index contributed by atoms with van der Waals surface area (Å²) in [4.78, 5) is 15.8. The minimum atomic E-state index is -0.856. The number of ether oxygens (including phenoxy) is 1. The van der Waals surface area contributed by atoms with Crippen LogP contribution < -0.4 is 5.32 Å². The molecule has 0 fully saturated rings. The molecule has 1 aromatic heterocycles. The van der Waals surface area contributed by atoms with Gasteiger partial charge in [-0.15, -0.1) is 0 Å². The highest BCUT2D eigenvalue weighted by Gasteiger charge is 2.19. The van der Waals surface area contributed by atoms with Crippen LogP contribution in [0.5, 0.6) is 0 Å². The second kappa shape index (κ2) is 6.88. The van der Waals surface area contributed by atoms with Gasteiger partial charge in [-0.2, -0.15) is 0 Å². The predicted molar refractivity (Wildman–Crippen MR) is 78.9 cm³/mol. The van der Waals surface area contributed by atoms with Gasteiger partial charge in [0.2, 0.25) is 0 Å². The topological polar surface area (TPSA) is 73.2 Å². The third-order valence-corrected chi connectivity index (χ3v) is 3.30. The van der Waals surface area contributed by atoms with Crippen LogP contribution >= 0.6 is 0 Å². The van der Waals surface area contributed by atoms with E-state index in [2.05, 4.69) is 10.3 Å². The van der Waals surface area contributed by atoms with E-state index >= 15 is 0 Å².